The molecule has 326 valence electrons. The van der Waals surface area contributed by atoms with Crippen molar-refractivity contribution in [2.45, 2.75) is 232 Å². The van der Waals surface area contributed by atoms with Gasteiger partial charge in [-0.05, 0) is 38.5 Å². The summed E-state index contributed by atoms with van der Waals surface area (Å²) < 4.78 is 32.5. The van der Waals surface area contributed by atoms with E-state index in [-0.39, 0.29) is 12.8 Å². The summed E-state index contributed by atoms with van der Waals surface area (Å²) in [6, 6.07) is 0. The fourth-order valence-corrected chi connectivity index (χ4v) is 7.25. The van der Waals surface area contributed by atoms with Crippen LogP contribution in [-0.2, 0) is 32.7 Å². The van der Waals surface area contributed by atoms with Gasteiger partial charge in [-0.3, -0.25) is 18.6 Å². The first kappa shape index (κ1) is 53.7. The van der Waals surface area contributed by atoms with Crippen LogP contribution in [0.25, 0.3) is 0 Å². The molecule has 0 aromatic rings. The molecule has 3 N–H and O–H groups in total. The van der Waals surface area contributed by atoms with E-state index in [0.717, 1.165) is 38.5 Å². The molecule has 0 saturated carbocycles. The number of hydrogen-bond donors (Lipinski definition) is 3. The van der Waals surface area contributed by atoms with E-state index in [2.05, 4.69) is 26.0 Å². The summed E-state index contributed by atoms with van der Waals surface area (Å²) >= 11 is 0. The molecule has 0 rings (SSSR count). The summed E-state index contributed by atoms with van der Waals surface area (Å²) in [6.45, 7) is 2.20. The average Bonchev–Trinajstić information content (AvgIpc) is 3.17. The molecule has 0 aromatic carbocycles. The van der Waals surface area contributed by atoms with Crippen molar-refractivity contribution < 1.29 is 47.8 Å². The molecular weight excluding hydrogens is 719 g/mol. The number of allylic oxidation sites excluding steroid dienone is 2. The number of hydrogen-bond acceptors (Lipinski definition) is 9. The number of carbonyl (C=O) groups excluding carboxylic acids is 2. The largest absolute Gasteiger partial charge is 0.472 e. The molecule has 10 nitrogen and oxygen atoms in total. The zero-order valence-electron chi connectivity index (χ0n) is 35.4. The minimum Gasteiger partial charge on any atom is -0.457 e. The van der Waals surface area contributed by atoms with Gasteiger partial charge in [-0.2, -0.15) is 0 Å². The lowest BCUT2D eigenvalue weighted by Crippen LogP contribution is -2.28. The van der Waals surface area contributed by atoms with Crippen LogP contribution < -0.4 is 0 Å². The molecule has 3 unspecified atom stereocenters. The minimum atomic E-state index is -4.63. The second-order valence-corrected chi connectivity index (χ2v) is 16.8. The molecule has 0 spiro atoms. The molecule has 0 aliphatic heterocycles. The molecule has 0 saturated heterocycles. The molecule has 0 aliphatic carbocycles. The van der Waals surface area contributed by atoms with Crippen molar-refractivity contribution in [2.75, 3.05) is 26.4 Å². The van der Waals surface area contributed by atoms with Crippen molar-refractivity contribution in [3.05, 3.63) is 12.2 Å². The highest BCUT2D eigenvalue weighted by molar-refractivity contribution is 7.47. The molecule has 0 aliphatic rings. The number of aliphatic hydroxyl groups excluding tert-OH is 2. The number of unbranched alkanes of at least 4 members (excludes halogenated alkanes) is 27. The summed E-state index contributed by atoms with van der Waals surface area (Å²) in [5.74, 6) is -1.01. The molecule has 0 amide bonds. The second kappa shape index (κ2) is 40.9. The zero-order chi connectivity index (χ0) is 40.5. The first-order valence-electron chi connectivity index (χ1n) is 22.6. The third kappa shape index (κ3) is 39.3. The Morgan fingerprint density at radius 3 is 1.04 bits per heavy atom. The maximum absolute atomic E-state index is 12.3. The van der Waals surface area contributed by atoms with Crippen LogP contribution in [0.3, 0.4) is 0 Å². The summed E-state index contributed by atoms with van der Waals surface area (Å²) in [5.41, 5.74) is 0. The first-order chi connectivity index (χ1) is 26.8. The predicted molar refractivity (Wildman–Crippen MR) is 224 cm³/mol. The standard InChI is InChI=1S/C44H85O10P/c1-3-5-7-9-11-13-14-15-16-17-18-19-20-21-22-23-24-25-26-28-30-32-34-36-44(48)54-42(38-46)40-52-55(49,50)51-39-41(37-45)53-43(47)35-33-31-29-27-12-10-8-6-4-2/h17-18,41-42,45-46H,3-16,19-40H2,1-2H3,(H,49,50)/b18-17-. The summed E-state index contributed by atoms with van der Waals surface area (Å²) in [7, 11) is -4.63. The van der Waals surface area contributed by atoms with Gasteiger partial charge in [0.15, 0.2) is 0 Å². The van der Waals surface area contributed by atoms with Gasteiger partial charge in [-0.15, -0.1) is 0 Å². The summed E-state index contributed by atoms with van der Waals surface area (Å²) in [5, 5.41) is 19.1. The highest BCUT2D eigenvalue weighted by Gasteiger charge is 2.27. The summed E-state index contributed by atoms with van der Waals surface area (Å²) in [6.07, 6.45) is 39.2. The van der Waals surface area contributed by atoms with Crippen LogP contribution in [0.4, 0.5) is 0 Å². The van der Waals surface area contributed by atoms with Crippen molar-refractivity contribution in [1.82, 2.24) is 0 Å². The van der Waals surface area contributed by atoms with Gasteiger partial charge in [0.2, 0.25) is 0 Å². The van der Waals surface area contributed by atoms with Crippen LogP contribution in [0, 0.1) is 0 Å². The molecule has 0 bridgehead atoms. The third-order valence-electron chi connectivity index (χ3n) is 9.98. The van der Waals surface area contributed by atoms with E-state index in [4.69, 9.17) is 18.5 Å². The van der Waals surface area contributed by atoms with Gasteiger partial charge in [0.1, 0.15) is 12.2 Å². The number of aliphatic hydroxyl groups is 2. The Morgan fingerprint density at radius 1 is 0.473 bits per heavy atom. The Kier molecular flexibility index (Phi) is 39.9. The van der Waals surface area contributed by atoms with Gasteiger partial charge < -0.3 is 24.6 Å². The zero-order valence-corrected chi connectivity index (χ0v) is 36.3. The van der Waals surface area contributed by atoms with Gasteiger partial charge >= 0.3 is 19.8 Å². The van der Waals surface area contributed by atoms with Crippen molar-refractivity contribution >= 4 is 19.8 Å². The highest BCUT2D eigenvalue weighted by atomic mass is 31.2. The molecule has 0 radical (unpaired) electrons. The van der Waals surface area contributed by atoms with Crippen molar-refractivity contribution in [2.24, 2.45) is 0 Å². The van der Waals surface area contributed by atoms with E-state index in [0.29, 0.717) is 12.8 Å². The Labute approximate surface area is 336 Å². The van der Waals surface area contributed by atoms with Gasteiger partial charge in [0, 0.05) is 12.8 Å². The maximum Gasteiger partial charge on any atom is 0.472 e. The fraction of sp³-hybridized carbons (Fsp3) is 0.909. The number of phosphoric ester groups is 1. The average molecular weight is 805 g/mol. The van der Waals surface area contributed by atoms with Gasteiger partial charge in [-0.1, -0.05) is 180 Å². The van der Waals surface area contributed by atoms with E-state index in [1.54, 1.807) is 0 Å². The lowest BCUT2D eigenvalue weighted by Gasteiger charge is -2.20. The number of rotatable bonds is 43. The number of esters is 2. The van der Waals surface area contributed by atoms with Crippen LogP contribution in [-0.4, -0.2) is 65.7 Å². The molecule has 55 heavy (non-hydrogen) atoms. The SMILES string of the molecule is CCCCCCCCCC/C=C\CCCCCCCCCCCCCC(=O)OC(CO)COP(=O)(O)OCC(CO)OC(=O)CCCCCCCCCCC. The molecule has 0 fully saturated rings. The minimum absolute atomic E-state index is 0.195. The van der Waals surface area contributed by atoms with Gasteiger partial charge in [0.05, 0.1) is 26.4 Å². The fourth-order valence-electron chi connectivity index (χ4n) is 6.46. The quantitative estimate of drug-likeness (QED) is 0.0235. The third-order valence-corrected chi connectivity index (χ3v) is 10.9. The topological polar surface area (TPSA) is 149 Å². The first-order valence-corrected chi connectivity index (χ1v) is 24.1. The number of phosphoric acid groups is 1. The van der Waals surface area contributed by atoms with Gasteiger partial charge in [0.25, 0.3) is 0 Å². The molecule has 11 heteroatoms. The van der Waals surface area contributed by atoms with Gasteiger partial charge in [-0.25, -0.2) is 4.57 Å². The molecule has 3 atom stereocenters. The smallest absolute Gasteiger partial charge is 0.457 e. The second-order valence-electron chi connectivity index (χ2n) is 15.4. The van der Waals surface area contributed by atoms with Crippen LogP contribution in [0.2, 0.25) is 0 Å². The van der Waals surface area contributed by atoms with Crippen molar-refractivity contribution in [3.8, 4) is 0 Å². The highest BCUT2D eigenvalue weighted by Crippen LogP contribution is 2.43. The van der Waals surface area contributed by atoms with Crippen LogP contribution in [0.15, 0.2) is 12.2 Å². The lowest BCUT2D eigenvalue weighted by atomic mass is 10.0. The molecule has 0 aromatic heterocycles. The predicted octanol–water partition coefficient (Wildman–Crippen LogP) is 12.0. The van der Waals surface area contributed by atoms with Crippen LogP contribution in [0.1, 0.15) is 219 Å². The number of carbonyl (C=O) groups is 2. The number of ether oxygens (including phenoxy) is 2. The van der Waals surface area contributed by atoms with E-state index in [9.17, 15) is 29.3 Å². The van der Waals surface area contributed by atoms with E-state index < -0.39 is 58.4 Å². The van der Waals surface area contributed by atoms with E-state index in [1.165, 1.54) is 141 Å². The Balaban J connectivity index is 3.80. The molecule has 0 heterocycles. The van der Waals surface area contributed by atoms with Crippen LogP contribution >= 0.6 is 7.82 Å². The normalized spacial score (nSPS) is 13.9. The van der Waals surface area contributed by atoms with Crippen molar-refractivity contribution in [3.63, 3.8) is 0 Å². The maximum atomic E-state index is 12.3. The Bertz CT molecular complexity index is 930. The summed E-state index contributed by atoms with van der Waals surface area (Å²) in [4.78, 5) is 34.4. The van der Waals surface area contributed by atoms with Crippen molar-refractivity contribution in [1.29, 1.82) is 0 Å². The monoisotopic (exact) mass is 805 g/mol. The van der Waals surface area contributed by atoms with E-state index >= 15 is 0 Å². The lowest BCUT2D eigenvalue weighted by molar-refractivity contribution is -0.153. The Hall–Kier alpha value is -1.29. The molecular formula is C44H85O10P. The van der Waals surface area contributed by atoms with E-state index in [1.807, 2.05) is 0 Å². The van der Waals surface area contributed by atoms with Crippen LogP contribution in [0.5, 0.6) is 0 Å². The Morgan fingerprint density at radius 2 is 0.745 bits per heavy atom.